The molecule has 3 fully saturated rings. The van der Waals surface area contributed by atoms with E-state index in [1.807, 2.05) is 27.7 Å². The monoisotopic (exact) mass is 491 g/mol. The highest BCUT2D eigenvalue weighted by Crippen LogP contribution is 2.32. The van der Waals surface area contributed by atoms with Crippen LogP contribution in [0.4, 0.5) is 0 Å². The van der Waals surface area contributed by atoms with Gasteiger partial charge in [-0.25, -0.2) is 0 Å². The Balaban J connectivity index is 1.64. The smallest absolute Gasteiger partial charge is 0.163 e. The Morgan fingerprint density at radius 1 is 0.706 bits per heavy atom. The van der Waals surface area contributed by atoms with Crippen molar-refractivity contribution >= 4 is 0 Å². The van der Waals surface area contributed by atoms with Gasteiger partial charge in [-0.3, -0.25) is 4.90 Å². The zero-order chi connectivity index (χ0) is 24.4. The lowest BCUT2D eigenvalue weighted by atomic mass is 10.0. The molecule has 0 aromatic rings. The topological polar surface area (TPSA) is 97.3 Å². The molecule has 10 nitrogen and oxygen atoms in total. The molecule has 0 aromatic heterocycles. The van der Waals surface area contributed by atoms with Gasteiger partial charge in [0, 0.05) is 19.7 Å². The van der Waals surface area contributed by atoms with E-state index in [0.717, 1.165) is 32.5 Å². The number of rotatable bonds is 6. The Kier molecular flexibility index (Phi) is 11.4. The molecule has 0 spiro atoms. The molecule has 4 unspecified atom stereocenters. The number of ether oxygens (including phenoxy) is 8. The summed E-state index contributed by atoms with van der Waals surface area (Å²) in [6.07, 6.45) is 0.333. The van der Waals surface area contributed by atoms with E-state index < -0.39 is 23.8 Å². The minimum atomic E-state index is -0.680. The second kappa shape index (κ2) is 13.8. The van der Waals surface area contributed by atoms with Crippen molar-refractivity contribution in [1.29, 1.82) is 0 Å². The average molecular weight is 492 g/mol. The molecule has 3 saturated heterocycles. The third-order valence-electron chi connectivity index (χ3n) is 6.18. The summed E-state index contributed by atoms with van der Waals surface area (Å²) >= 11 is 0. The molecule has 3 aliphatic rings. The number of hydrogen-bond donors (Lipinski definition) is 1. The van der Waals surface area contributed by atoms with Gasteiger partial charge in [0.05, 0.1) is 52.9 Å². The van der Waals surface area contributed by atoms with E-state index in [4.69, 9.17) is 43.0 Å². The van der Waals surface area contributed by atoms with E-state index >= 15 is 0 Å². The van der Waals surface area contributed by atoms with Gasteiger partial charge in [0.1, 0.15) is 24.4 Å². The molecule has 0 bridgehead atoms. The highest BCUT2D eigenvalue weighted by molar-refractivity contribution is 4.91. The molecule has 1 N–H and O–H groups in total. The van der Waals surface area contributed by atoms with Gasteiger partial charge >= 0.3 is 0 Å². The Bertz CT molecular complexity index is 533. The standard InChI is InChI=1S/C24H45NO9/c1-23(2)31-17-19(33-23)21-22(20-18-32-24(3,4)34-20)30-16-14-28-12-9-25(7-5-6-10-26)8-11-27-13-15-29-21/h19-22,26H,5-18H2,1-4H3. The quantitative estimate of drug-likeness (QED) is 0.546. The van der Waals surface area contributed by atoms with Crippen LogP contribution in [0.5, 0.6) is 0 Å². The number of aliphatic hydroxyl groups excluding tert-OH is 1. The minimum Gasteiger partial charge on any atom is -0.396 e. The van der Waals surface area contributed by atoms with Crippen LogP contribution in [0.2, 0.25) is 0 Å². The molecular weight excluding hydrogens is 446 g/mol. The number of nitrogens with zero attached hydrogens (tertiary/aromatic N) is 1. The third-order valence-corrected chi connectivity index (χ3v) is 6.18. The molecule has 200 valence electrons. The molecule has 10 heteroatoms. The molecule has 0 saturated carbocycles. The summed E-state index contributed by atoms with van der Waals surface area (Å²) in [7, 11) is 0. The lowest BCUT2D eigenvalue weighted by Gasteiger charge is -2.34. The molecule has 3 heterocycles. The van der Waals surface area contributed by atoms with Crippen molar-refractivity contribution in [2.24, 2.45) is 0 Å². The highest BCUT2D eigenvalue weighted by atomic mass is 16.8. The van der Waals surface area contributed by atoms with Gasteiger partial charge in [-0.15, -0.1) is 0 Å². The maximum atomic E-state index is 9.06. The number of unbranched alkanes of at least 4 members (excludes halogenated alkanes) is 1. The van der Waals surface area contributed by atoms with Crippen molar-refractivity contribution in [3.8, 4) is 0 Å². The van der Waals surface area contributed by atoms with Gasteiger partial charge in [-0.2, -0.15) is 0 Å². The van der Waals surface area contributed by atoms with E-state index in [0.29, 0.717) is 52.9 Å². The largest absolute Gasteiger partial charge is 0.396 e. The summed E-state index contributed by atoms with van der Waals surface area (Å²) in [6, 6.07) is 0. The van der Waals surface area contributed by atoms with Gasteiger partial charge in [0.25, 0.3) is 0 Å². The molecule has 0 aromatic carbocycles. The Morgan fingerprint density at radius 3 is 1.62 bits per heavy atom. The lowest BCUT2D eigenvalue weighted by Crippen LogP contribution is -2.51. The van der Waals surface area contributed by atoms with Crippen LogP contribution in [-0.2, 0) is 37.9 Å². The Labute approximate surface area is 204 Å². The highest BCUT2D eigenvalue weighted by Gasteiger charge is 2.48. The fourth-order valence-electron chi connectivity index (χ4n) is 4.44. The van der Waals surface area contributed by atoms with Gasteiger partial charge in [0.2, 0.25) is 0 Å². The normalized spacial score (nSPS) is 34.5. The van der Waals surface area contributed by atoms with E-state index in [1.54, 1.807) is 0 Å². The van der Waals surface area contributed by atoms with Crippen LogP contribution < -0.4 is 0 Å². The van der Waals surface area contributed by atoms with Crippen LogP contribution in [0.3, 0.4) is 0 Å². The summed E-state index contributed by atoms with van der Waals surface area (Å²) in [6.45, 7) is 14.1. The number of hydrogen-bond acceptors (Lipinski definition) is 10. The van der Waals surface area contributed by atoms with Gasteiger partial charge in [0.15, 0.2) is 11.6 Å². The van der Waals surface area contributed by atoms with Crippen LogP contribution in [0.25, 0.3) is 0 Å². The zero-order valence-corrected chi connectivity index (χ0v) is 21.4. The second-order valence-electron chi connectivity index (χ2n) is 9.90. The first-order valence-electron chi connectivity index (χ1n) is 12.7. The predicted molar refractivity (Wildman–Crippen MR) is 124 cm³/mol. The van der Waals surface area contributed by atoms with E-state index in [1.165, 1.54) is 0 Å². The fourth-order valence-corrected chi connectivity index (χ4v) is 4.44. The van der Waals surface area contributed by atoms with E-state index in [9.17, 15) is 0 Å². The minimum absolute atomic E-state index is 0.220. The molecule has 3 aliphatic heterocycles. The van der Waals surface area contributed by atoms with Crippen LogP contribution >= 0.6 is 0 Å². The zero-order valence-electron chi connectivity index (χ0n) is 21.4. The van der Waals surface area contributed by atoms with Gasteiger partial charge in [-0.05, 0) is 47.1 Å². The van der Waals surface area contributed by atoms with Crippen molar-refractivity contribution < 1.29 is 43.0 Å². The second-order valence-corrected chi connectivity index (χ2v) is 9.90. The van der Waals surface area contributed by atoms with E-state index in [-0.39, 0.29) is 18.8 Å². The first kappa shape index (κ1) is 28.2. The average Bonchev–Trinajstić information content (AvgIpc) is 3.32. The summed E-state index contributed by atoms with van der Waals surface area (Å²) in [5.41, 5.74) is 0. The van der Waals surface area contributed by atoms with Crippen molar-refractivity contribution in [2.45, 2.75) is 76.5 Å². The molecule has 0 radical (unpaired) electrons. The van der Waals surface area contributed by atoms with Crippen LogP contribution in [0.1, 0.15) is 40.5 Å². The summed E-state index contributed by atoms with van der Waals surface area (Å²) in [5.74, 6) is -1.36. The van der Waals surface area contributed by atoms with Gasteiger partial charge < -0.3 is 43.0 Å². The van der Waals surface area contributed by atoms with Crippen LogP contribution in [0, 0.1) is 0 Å². The Hall–Kier alpha value is -0.400. The first-order chi connectivity index (χ1) is 16.3. The molecule has 0 aliphatic carbocycles. The maximum absolute atomic E-state index is 9.06. The summed E-state index contributed by atoms with van der Waals surface area (Å²) in [5, 5.41) is 9.06. The van der Waals surface area contributed by atoms with Crippen molar-refractivity contribution in [3.05, 3.63) is 0 Å². The molecular formula is C24H45NO9. The molecule has 3 rings (SSSR count). The summed E-state index contributed by atoms with van der Waals surface area (Å²) in [4.78, 5) is 2.31. The van der Waals surface area contributed by atoms with Crippen LogP contribution in [0.15, 0.2) is 0 Å². The van der Waals surface area contributed by atoms with Gasteiger partial charge in [-0.1, -0.05) is 0 Å². The first-order valence-corrected chi connectivity index (χ1v) is 12.7. The van der Waals surface area contributed by atoms with Crippen molar-refractivity contribution in [2.75, 3.05) is 79.1 Å². The molecule has 34 heavy (non-hydrogen) atoms. The van der Waals surface area contributed by atoms with E-state index in [2.05, 4.69) is 4.90 Å². The summed E-state index contributed by atoms with van der Waals surface area (Å²) < 4.78 is 48.4. The fraction of sp³-hybridized carbons (Fsp3) is 1.00. The van der Waals surface area contributed by atoms with Crippen molar-refractivity contribution in [3.63, 3.8) is 0 Å². The van der Waals surface area contributed by atoms with Crippen molar-refractivity contribution in [1.82, 2.24) is 4.90 Å². The van der Waals surface area contributed by atoms with Crippen LogP contribution in [-0.4, -0.2) is 125 Å². The lowest BCUT2D eigenvalue weighted by molar-refractivity contribution is -0.207. The number of aliphatic hydroxyl groups is 1. The predicted octanol–water partition coefficient (Wildman–Crippen LogP) is 1.18. The third kappa shape index (κ3) is 9.24. The molecule has 4 atom stereocenters. The maximum Gasteiger partial charge on any atom is 0.163 e. The molecule has 0 amide bonds. The Morgan fingerprint density at radius 2 is 1.21 bits per heavy atom. The SMILES string of the molecule is CC1(C)OCC(C2OCCOCCN(CCCCO)CCOCCOC2C2COC(C)(C)O2)O1.